The minimum Gasteiger partial charge on any atom is -0.507 e. The number of ether oxygens (including phenoxy) is 1. The van der Waals surface area contributed by atoms with Crippen molar-refractivity contribution in [2.75, 3.05) is 0 Å². The Labute approximate surface area is 120 Å². The second-order valence-corrected chi connectivity index (χ2v) is 5.36. The molecule has 0 aromatic heterocycles. The standard InChI is InChI=1S/C15H14O6/c1-5-3-7-10(6(2)21-5)15(20)11-8(16)4-9(17)14(19)12(11)13(7)18/h4-6,16,18,20H,3H2,1-2H3. The quantitative estimate of drug-likeness (QED) is 0.497. The van der Waals surface area contributed by atoms with Gasteiger partial charge in [-0.25, -0.2) is 0 Å². The van der Waals surface area contributed by atoms with E-state index < -0.39 is 23.4 Å². The van der Waals surface area contributed by atoms with Crippen LogP contribution in [0.15, 0.2) is 6.08 Å². The molecule has 1 aromatic rings. The van der Waals surface area contributed by atoms with E-state index in [-0.39, 0.29) is 28.7 Å². The number of Topliss-reactive ketones (excluding diaryl/α,β-unsaturated/α-hetero) is 1. The second-order valence-electron chi connectivity index (χ2n) is 5.36. The smallest absolute Gasteiger partial charge is 0.237 e. The van der Waals surface area contributed by atoms with Crippen LogP contribution in [-0.4, -0.2) is 33.0 Å². The summed E-state index contributed by atoms with van der Waals surface area (Å²) in [6, 6.07) is 0. The van der Waals surface area contributed by atoms with Gasteiger partial charge in [-0.3, -0.25) is 9.59 Å². The van der Waals surface area contributed by atoms with Gasteiger partial charge < -0.3 is 20.1 Å². The molecular formula is C15H14O6. The van der Waals surface area contributed by atoms with Crippen LogP contribution in [0.2, 0.25) is 0 Å². The summed E-state index contributed by atoms with van der Waals surface area (Å²) >= 11 is 0. The molecule has 0 radical (unpaired) electrons. The molecule has 2 atom stereocenters. The molecule has 21 heavy (non-hydrogen) atoms. The molecular weight excluding hydrogens is 276 g/mol. The lowest BCUT2D eigenvalue weighted by Gasteiger charge is -2.31. The molecule has 6 nitrogen and oxygen atoms in total. The zero-order valence-corrected chi connectivity index (χ0v) is 11.5. The van der Waals surface area contributed by atoms with E-state index in [0.717, 1.165) is 6.08 Å². The fourth-order valence-corrected chi connectivity index (χ4v) is 3.04. The molecule has 0 saturated carbocycles. The van der Waals surface area contributed by atoms with Crippen molar-refractivity contribution in [3.05, 3.63) is 28.3 Å². The van der Waals surface area contributed by atoms with Gasteiger partial charge in [-0.1, -0.05) is 0 Å². The molecule has 1 aromatic carbocycles. The molecule has 2 aliphatic rings. The van der Waals surface area contributed by atoms with Crippen LogP contribution in [0.5, 0.6) is 11.5 Å². The normalized spacial score (nSPS) is 24.4. The number of aliphatic hydroxyl groups is 1. The Morgan fingerprint density at radius 3 is 2.43 bits per heavy atom. The van der Waals surface area contributed by atoms with Crippen LogP contribution in [0.1, 0.15) is 47.0 Å². The lowest BCUT2D eigenvalue weighted by Crippen LogP contribution is -2.26. The first kappa shape index (κ1) is 13.6. The van der Waals surface area contributed by atoms with E-state index in [4.69, 9.17) is 4.74 Å². The number of rotatable bonds is 0. The Morgan fingerprint density at radius 1 is 1.10 bits per heavy atom. The van der Waals surface area contributed by atoms with Gasteiger partial charge >= 0.3 is 0 Å². The largest absolute Gasteiger partial charge is 0.507 e. The number of aliphatic hydroxyl groups excluding tert-OH is 1. The van der Waals surface area contributed by atoms with Crippen molar-refractivity contribution in [3.63, 3.8) is 0 Å². The Morgan fingerprint density at radius 2 is 1.76 bits per heavy atom. The lowest BCUT2D eigenvalue weighted by molar-refractivity contribution is -0.111. The van der Waals surface area contributed by atoms with Crippen molar-refractivity contribution < 1.29 is 29.6 Å². The molecule has 110 valence electrons. The molecule has 1 aliphatic heterocycles. The predicted molar refractivity (Wildman–Crippen MR) is 72.4 cm³/mol. The maximum absolute atomic E-state index is 12.0. The zero-order valence-electron chi connectivity index (χ0n) is 11.5. The van der Waals surface area contributed by atoms with Crippen molar-refractivity contribution in [1.29, 1.82) is 0 Å². The number of carbonyl (C=O) groups excluding carboxylic acids is 2. The van der Waals surface area contributed by atoms with Gasteiger partial charge in [-0.15, -0.1) is 0 Å². The third-order valence-corrected chi connectivity index (χ3v) is 3.90. The number of phenolic OH excluding ortho intramolecular Hbond substituents is 2. The van der Waals surface area contributed by atoms with Gasteiger partial charge in [0.15, 0.2) is 0 Å². The number of allylic oxidation sites excluding steroid dienone is 1. The molecule has 2 unspecified atom stereocenters. The number of hydrogen-bond acceptors (Lipinski definition) is 6. The summed E-state index contributed by atoms with van der Waals surface area (Å²) in [6.45, 7) is 3.51. The maximum Gasteiger partial charge on any atom is 0.237 e. The molecule has 0 bridgehead atoms. The van der Waals surface area contributed by atoms with Gasteiger partial charge in [0.2, 0.25) is 11.6 Å². The van der Waals surface area contributed by atoms with Crippen LogP contribution >= 0.6 is 0 Å². The summed E-state index contributed by atoms with van der Waals surface area (Å²) in [6.07, 6.45) is 0.348. The predicted octanol–water partition coefficient (Wildman–Crippen LogP) is 1.78. The van der Waals surface area contributed by atoms with Crippen molar-refractivity contribution in [2.45, 2.75) is 32.5 Å². The number of aromatic hydroxyl groups is 2. The van der Waals surface area contributed by atoms with Crippen LogP contribution in [0.25, 0.3) is 5.76 Å². The zero-order chi connectivity index (χ0) is 15.5. The highest BCUT2D eigenvalue weighted by Gasteiger charge is 2.38. The Bertz CT molecular complexity index is 716. The van der Waals surface area contributed by atoms with Gasteiger partial charge in [0.05, 0.1) is 23.3 Å². The van der Waals surface area contributed by atoms with E-state index in [9.17, 15) is 24.9 Å². The first-order chi connectivity index (χ1) is 9.82. The van der Waals surface area contributed by atoms with Crippen molar-refractivity contribution in [2.24, 2.45) is 0 Å². The number of phenols is 2. The Kier molecular flexibility index (Phi) is 2.81. The second kappa shape index (κ2) is 4.33. The van der Waals surface area contributed by atoms with Crippen LogP contribution in [-0.2, 0) is 16.0 Å². The molecule has 0 fully saturated rings. The van der Waals surface area contributed by atoms with E-state index >= 15 is 0 Å². The van der Waals surface area contributed by atoms with E-state index in [2.05, 4.69) is 0 Å². The van der Waals surface area contributed by atoms with Crippen molar-refractivity contribution in [3.8, 4) is 11.5 Å². The summed E-state index contributed by atoms with van der Waals surface area (Å²) in [7, 11) is 0. The molecule has 0 amide bonds. The number of benzene rings is 1. The summed E-state index contributed by atoms with van der Waals surface area (Å²) in [5.41, 5.74) is 0.179. The lowest BCUT2D eigenvalue weighted by atomic mass is 9.83. The van der Waals surface area contributed by atoms with Crippen molar-refractivity contribution in [1.82, 2.24) is 0 Å². The molecule has 3 rings (SSSR count). The Balaban J connectivity index is 2.39. The highest BCUT2D eigenvalue weighted by atomic mass is 16.5. The van der Waals surface area contributed by atoms with Crippen LogP contribution in [0.4, 0.5) is 0 Å². The molecule has 1 aliphatic carbocycles. The van der Waals surface area contributed by atoms with Gasteiger partial charge in [0.25, 0.3) is 0 Å². The first-order valence-corrected chi connectivity index (χ1v) is 6.58. The van der Waals surface area contributed by atoms with Gasteiger partial charge in [0.1, 0.15) is 17.3 Å². The fourth-order valence-electron chi connectivity index (χ4n) is 3.04. The van der Waals surface area contributed by atoms with Gasteiger partial charge in [0, 0.05) is 23.6 Å². The minimum absolute atomic E-state index is 0.200. The monoisotopic (exact) mass is 290 g/mol. The maximum atomic E-state index is 12.0. The van der Waals surface area contributed by atoms with E-state index in [1.165, 1.54) is 0 Å². The number of ketones is 2. The SMILES string of the molecule is CC1Cc2c(O)c3c(c(O)c2C(C)O1)C(O)=CC(=O)C3=O. The number of fused-ring (bicyclic) bond motifs is 2. The average molecular weight is 290 g/mol. The molecule has 1 heterocycles. The average Bonchev–Trinajstić information content (AvgIpc) is 2.39. The van der Waals surface area contributed by atoms with E-state index in [1.54, 1.807) is 13.8 Å². The van der Waals surface area contributed by atoms with Crippen LogP contribution in [0.3, 0.4) is 0 Å². The fraction of sp³-hybridized carbons (Fsp3) is 0.333. The molecule has 0 saturated heterocycles. The third kappa shape index (κ3) is 1.76. The number of carbonyl (C=O) groups is 2. The van der Waals surface area contributed by atoms with E-state index in [1.807, 2.05) is 0 Å². The summed E-state index contributed by atoms with van der Waals surface area (Å²) in [4.78, 5) is 23.5. The topological polar surface area (TPSA) is 104 Å². The van der Waals surface area contributed by atoms with Crippen LogP contribution in [0, 0.1) is 0 Å². The molecule has 6 heteroatoms. The van der Waals surface area contributed by atoms with Crippen molar-refractivity contribution >= 4 is 17.3 Å². The summed E-state index contributed by atoms with van der Waals surface area (Å²) < 4.78 is 5.60. The highest BCUT2D eigenvalue weighted by molar-refractivity contribution is 6.51. The molecule has 3 N–H and O–H groups in total. The van der Waals surface area contributed by atoms with Gasteiger partial charge in [-0.2, -0.15) is 0 Å². The highest BCUT2D eigenvalue weighted by Crippen LogP contribution is 2.48. The van der Waals surface area contributed by atoms with Gasteiger partial charge in [-0.05, 0) is 13.8 Å². The summed E-state index contributed by atoms with van der Waals surface area (Å²) in [5.74, 6) is -3.09. The molecule has 0 spiro atoms. The van der Waals surface area contributed by atoms with E-state index in [0.29, 0.717) is 17.5 Å². The summed E-state index contributed by atoms with van der Waals surface area (Å²) in [5, 5.41) is 30.6. The Hall–Kier alpha value is -2.34. The first-order valence-electron chi connectivity index (χ1n) is 6.58. The number of hydrogen-bond donors (Lipinski definition) is 3. The third-order valence-electron chi connectivity index (χ3n) is 3.90. The minimum atomic E-state index is -0.940. The van der Waals surface area contributed by atoms with Crippen LogP contribution < -0.4 is 0 Å².